The minimum Gasteiger partial charge on any atom is -0.382 e. The van der Waals surface area contributed by atoms with Crippen LogP contribution in [0, 0.1) is 18.8 Å². The predicted octanol–water partition coefficient (Wildman–Crippen LogP) is 3.45. The van der Waals surface area contributed by atoms with E-state index in [2.05, 4.69) is 5.32 Å². The number of aryl methyl sites for hydroxylation is 1. The van der Waals surface area contributed by atoms with Crippen molar-refractivity contribution in [3.8, 4) is 0 Å². The standard InChI is InChI=1S/C18H24F3N3O/c1-11-8-14(23-15-9-12(10-15)17(22)25)2-3-16(11)24-6-4-13(5-7-24)18(19,20)21/h2-3,8,12-13,15,23H,4-7,9-10H2,1H3,(H2,22,25). The molecule has 0 radical (unpaired) electrons. The van der Waals surface area contributed by atoms with Crippen molar-refractivity contribution in [1.29, 1.82) is 0 Å². The van der Waals surface area contributed by atoms with Gasteiger partial charge in [-0.15, -0.1) is 0 Å². The summed E-state index contributed by atoms with van der Waals surface area (Å²) in [7, 11) is 0. The highest BCUT2D eigenvalue weighted by Gasteiger charge is 2.41. The average molecular weight is 355 g/mol. The predicted molar refractivity (Wildman–Crippen MR) is 91.5 cm³/mol. The van der Waals surface area contributed by atoms with Crippen molar-refractivity contribution in [1.82, 2.24) is 0 Å². The van der Waals surface area contributed by atoms with Gasteiger partial charge in [0.05, 0.1) is 5.92 Å². The fourth-order valence-corrected chi connectivity index (χ4v) is 3.75. The Morgan fingerprint density at radius 2 is 1.88 bits per heavy atom. The molecule has 1 amide bonds. The fourth-order valence-electron chi connectivity index (χ4n) is 3.75. The van der Waals surface area contributed by atoms with Crippen LogP contribution in [0.4, 0.5) is 24.5 Å². The quantitative estimate of drug-likeness (QED) is 0.870. The summed E-state index contributed by atoms with van der Waals surface area (Å²) in [6, 6.07) is 6.19. The molecule has 3 rings (SSSR count). The number of hydrogen-bond acceptors (Lipinski definition) is 3. The van der Waals surface area contributed by atoms with Gasteiger partial charge in [-0.25, -0.2) is 0 Å². The van der Waals surface area contributed by atoms with Crippen LogP contribution in [0.3, 0.4) is 0 Å². The van der Waals surface area contributed by atoms with E-state index in [1.54, 1.807) is 0 Å². The van der Waals surface area contributed by atoms with Gasteiger partial charge in [0.25, 0.3) is 0 Å². The van der Waals surface area contributed by atoms with Crippen molar-refractivity contribution >= 4 is 17.3 Å². The van der Waals surface area contributed by atoms with Crippen LogP contribution in [0.15, 0.2) is 18.2 Å². The highest BCUT2D eigenvalue weighted by Crippen LogP contribution is 2.37. The molecule has 0 atom stereocenters. The Kier molecular flexibility index (Phi) is 4.84. The van der Waals surface area contributed by atoms with Crippen LogP contribution in [0.25, 0.3) is 0 Å². The number of benzene rings is 1. The van der Waals surface area contributed by atoms with Gasteiger partial charge in [0.1, 0.15) is 0 Å². The van der Waals surface area contributed by atoms with Gasteiger partial charge in [-0.05, 0) is 56.4 Å². The van der Waals surface area contributed by atoms with Crippen molar-refractivity contribution in [2.45, 2.75) is 44.8 Å². The molecular formula is C18H24F3N3O. The molecule has 2 aliphatic rings. The second-order valence-corrected chi connectivity index (χ2v) is 7.22. The van der Waals surface area contributed by atoms with E-state index in [1.165, 1.54) is 0 Å². The van der Waals surface area contributed by atoms with E-state index in [9.17, 15) is 18.0 Å². The number of nitrogens with two attached hydrogens (primary N) is 1. The number of halogens is 3. The number of primary amides is 1. The van der Waals surface area contributed by atoms with Gasteiger partial charge in [-0.1, -0.05) is 0 Å². The normalized spacial score (nSPS) is 24.7. The maximum Gasteiger partial charge on any atom is 0.391 e. The number of nitrogens with zero attached hydrogens (tertiary/aromatic N) is 1. The lowest BCUT2D eigenvalue weighted by Gasteiger charge is -2.36. The summed E-state index contributed by atoms with van der Waals surface area (Å²) < 4.78 is 38.4. The van der Waals surface area contributed by atoms with Crippen LogP contribution in [-0.4, -0.2) is 31.2 Å². The van der Waals surface area contributed by atoms with E-state index in [0.29, 0.717) is 13.1 Å². The van der Waals surface area contributed by atoms with Crippen LogP contribution in [0.2, 0.25) is 0 Å². The van der Waals surface area contributed by atoms with Crippen molar-refractivity contribution in [2.24, 2.45) is 17.6 Å². The van der Waals surface area contributed by atoms with Crippen LogP contribution in [0.5, 0.6) is 0 Å². The molecule has 0 unspecified atom stereocenters. The highest BCUT2D eigenvalue weighted by molar-refractivity contribution is 5.78. The zero-order valence-corrected chi connectivity index (χ0v) is 14.3. The number of carbonyl (C=O) groups is 1. The number of carbonyl (C=O) groups excluding carboxylic acids is 1. The SMILES string of the molecule is Cc1cc(NC2CC(C(N)=O)C2)ccc1N1CCC(C(F)(F)F)CC1. The van der Waals surface area contributed by atoms with E-state index < -0.39 is 12.1 Å². The maximum absolute atomic E-state index is 12.8. The average Bonchev–Trinajstić information content (AvgIpc) is 2.49. The summed E-state index contributed by atoms with van der Waals surface area (Å²) in [5.41, 5.74) is 8.28. The lowest BCUT2D eigenvalue weighted by Crippen LogP contribution is -2.42. The molecule has 0 bridgehead atoms. The molecule has 1 heterocycles. The molecule has 138 valence electrons. The van der Waals surface area contributed by atoms with E-state index in [-0.39, 0.29) is 30.7 Å². The van der Waals surface area contributed by atoms with Crippen molar-refractivity contribution in [2.75, 3.05) is 23.3 Å². The fraction of sp³-hybridized carbons (Fsp3) is 0.611. The number of alkyl halides is 3. The smallest absolute Gasteiger partial charge is 0.382 e. The number of amides is 1. The first kappa shape index (κ1) is 17.9. The Bertz CT molecular complexity index is 633. The van der Waals surface area contributed by atoms with Gasteiger partial charge in [-0.2, -0.15) is 13.2 Å². The molecule has 1 saturated heterocycles. The first-order chi connectivity index (χ1) is 11.7. The molecule has 3 N–H and O–H groups in total. The first-order valence-corrected chi connectivity index (χ1v) is 8.72. The summed E-state index contributed by atoms with van der Waals surface area (Å²) in [5, 5.41) is 3.39. The summed E-state index contributed by atoms with van der Waals surface area (Å²) in [6.07, 6.45) is -2.28. The van der Waals surface area contributed by atoms with E-state index in [1.807, 2.05) is 30.0 Å². The van der Waals surface area contributed by atoms with Crippen LogP contribution >= 0.6 is 0 Å². The molecule has 2 fully saturated rings. The minimum atomic E-state index is -4.08. The molecule has 25 heavy (non-hydrogen) atoms. The first-order valence-electron chi connectivity index (χ1n) is 8.72. The van der Waals surface area contributed by atoms with Crippen molar-refractivity contribution in [3.63, 3.8) is 0 Å². The van der Waals surface area contributed by atoms with E-state index >= 15 is 0 Å². The van der Waals surface area contributed by atoms with Crippen molar-refractivity contribution in [3.05, 3.63) is 23.8 Å². The molecule has 1 aromatic carbocycles. The van der Waals surface area contributed by atoms with Gasteiger partial charge >= 0.3 is 6.18 Å². The lowest BCUT2D eigenvalue weighted by molar-refractivity contribution is -0.179. The topological polar surface area (TPSA) is 58.4 Å². The summed E-state index contributed by atoms with van der Waals surface area (Å²) in [5.74, 6) is -1.46. The third-order valence-corrected chi connectivity index (χ3v) is 5.41. The van der Waals surface area contributed by atoms with Gasteiger partial charge in [0, 0.05) is 36.4 Å². The van der Waals surface area contributed by atoms with Crippen LogP contribution in [0.1, 0.15) is 31.2 Å². The summed E-state index contributed by atoms with van der Waals surface area (Å²) in [6.45, 7) is 2.84. The van der Waals surface area contributed by atoms with Gasteiger partial charge in [-0.3, -0.25) is 4.79 Å². The lowest BCUT2D eigenvalue weighted by atomic mass is 9.79. The third kappa shape index (κ3) is 4.02. The largest absolute Gasteiger partial charge is 0.391 e. The number of piperidine rings is 1. The Morgan fingerprint density at radius 3 is 2.40 bits per heavy atom. The van der Waals surface area contributed by atoms with Gasteiger partial charge < -0.3 is 16.0 Å². The molecule has 1 saturated carbocycles. The minimum absolute atomic E-state index is 0.0344. The molecule has 1 aromatic rings. The van der Waals surface area contributed by atoms with Gasteiger partial charge in [0.2, 0.25) is 5.91 Å². The number of hydrogen-bond donors (Lipinski definition) is 2. The Balaban J connectivity index is 1.57. The monoisotopic (exact) mass is 355 g/mol. The van der Waals surface area contributed by atoms with Crippen LogP contribution < -0.4 is 16.0 Å². The Morgan fingerprint density at radius 1 is 1.24 bits per heavy atom. The summed E-state index contributed by atoms with van der Waals surface area (Å²) in [4.78, 5) is 13.1. The Labute approximate surface area is 145 Å². The molecule has 1 aliphatic heterocycles. The second-order valence-electron chi connectivity index (χ2n) is 7.22. The van der Waals surface area contributed by atoms with Crippen LogP contribution in [-0.2, 0) is 4.79 Å². The molecule has 0 spiro atoms. The molecular weight excluding hydrogens is 331 g/mol. The summed E-state index contributed by atoms with van der Waals surface area (Å²) >= 11 is 0. The third-order valence-electron chi connectivity index (χ3n) is 5.41. The molecule has 0 aromatic heterocycles. The number of anilines is 2. The highest BCUT2D eigenvalue weighted by atomic mass is 19.4. The van der Waals surface area contributed by atoms with E-state index in [4.69, 9.17) is 5.73 Å². The molecule has 7 heteroatoms. The van der Waals surface area contributed by atoms with E-state index in [0.717, 1.165) is 29.8 Å². The zero-order chi connectivity index (χ0) is 18.2. The number of nitrogens with one attached hydrogen (secondary N) is 1. The molecule has 4 nitrogen and oxygen atoms in total. The van der Waals surface area contributed by atoms with Gasteiger partial charge in [0.15, 0.2) is 0 Å². The second kappa shape index (κ2) is 6.77. The zero-order valence-electron chi connectivity index (χ0n) is 14.3. The molecule has 1 aliphatic carbocycles. The van der Waals surface area contributed by atoms with Crippen molar-refractivity contribution < 1.29 is 18.0 Å². The maximum atomic E-state index is 12.8. The number of rotatable bonds is 4. The Hall–Kier alpha value is -1.92.